The van der Waals surface area contributed by atoms with Gasteiger partial charge in [-0.15, -0.1) is 0 Å². The van der Waals surface area contributed by atoms with Crippen molar-refractivity contribution < 1.29 is 9.53 Å². The van der Waals surface area contributed by atoms with Crippen LogP contribution in [0.3, 0.4) is 0 Å². The number of carbonyl (C=O) groups is 1. The van der Waals surface area contributed by atoms with Crippen molar-refractivity contribution in [1.29, 1.82) is 0 Å². The van der Waals surface area contributed by atoms with Crippen molar-refractivity contribution in [2.24, 2.45) is 7.05 Å². The van der Waals surface area contributed by atoms with Crippen LogP contribution in [-0.4, -0.2) is 22.4 Å². The van der Waals surface area contributed by atoms with Crippen molar-refractivity contribution in [2.75, 3.05) is 6.61 Å². The molecule has 1 aromatic heterocycles. The second kappa shape index (κ2) is 3.18. The molecule has 4 heteroatoms. The van der Waals surface area contributed by atoms with Gasteiger partial charge < -0.3 is 4.74 Å². The van der Waals surface area contributed by atoms with E-state index in [2.05, 4.69) is 5.10 Å². The van der Waals surface area contributed by atoms with E-state index in [1.54, 1.807) is 26.2 Å². The van der Waals surface area contributed by atoms with Crippen molar-refractivity contribution in [1.82, 2.24) is 9.78 Å². The summed E-state index contributed by atoms with van der Waals surface area (Å²) in [4.78, 5) is 11.0. The number of aryl methyl sites for hydroxylation is 1. The molecule has 0 fully saturated rings. The van der Waals surface area contributed by atoms with Gasteiger partial charge in [-0.25, -0.2) is 4.79 Å². The Morgan fingerprint density at radius 3 is 3.00 bits per heavy atom. The Balaban J connectivity index is 2.76. The molecule has 0 atom stereocenters. The molecule has 0 amide bonds. The molecule has 1 rings (SSSR count). The molecule has 0 unspecified atom stereocenters. The van der Waals surface area contributed by atoms with Crippen LogP contribution in [0.4, 0.5) is 0 Å². The summed E-state index contributed by atoms with van der Waals surface area (Å²) in [7, 11) is 1.70. The Morgan fingerprint density at radius 2 is 2.55 bits per heavy atom. The molecule has 1 heterocycles. The molecule has 0 saturated carbocycles. The third-order valence-electron chi connectivity index (χ3n) is 1.31. The zero-order valence-corrected chi connectivity index (χ0v) is 6.57. The van der Waals surface area contributed by atoms with Gasteiger partial charge in [-0.05, 0) is 13.0 Å². The zero-order chi connectivity index (χ0) is 8.27. The van der Waals surface area contributed by atoms with Gasteiger partial charge in [0.05, 0.1) is 6.61 Å². The summed E-state index contributed by atoms with van der Waals surface area (Å²) < 4.78 is 6.25. The molecule has 4 nitrogen and oxygen atoms in total. The number of nitrogens with zero attached hydrogens (tertiary/aromatic N) is 2. The molecular weight excluding hydrogens is 144 g/mol. The average molecular weight is 154 g/mol. The van der Waals surface area contributed by atoms with Crippen molar-refractivity contribution in [3.05, 3.63) is 18.0 Å². The van der Waals surface area contributed by atoms with E-state index in [9.17, 15) is 4.79 Å². The van der Waals surface area contributed by atoms with Crippen molar-refractivity contribution in [2.45, 2.75) is 6.92 Å². The maximum atomic E-state index is 11.0. The van der Waals surface area contributed by atoms with Crippen LogP contribution < -0.4 is 0 Å². The maximum Gasteiger partial charge on any atom is 0.356 e. The van der Waals surface area contributed by atoms with Crippen LogP contribution >= 0.6 is 0 Å². The summed E-state index contributed by atoms with van der Waals surface area (Å²) in [5.41, 5.74) is 0.479. The number of esters is 1. The molecule has 1 aromatic rings. The van der Waals surface area contributed by atoms with Crippen molar-refractivity contribution in [3.63, 3.8) is 0 Å². The lowest BCUT2D eigenvalue weighted by Crippen LogP contribution is -2.10. The number of hydrogen-bond acceptors (Lipinski definition) is 3. The fourth-order valence-corrected chi connectivity index (χ4v) is 0.779. The van der Waals surface area contributed by atoms with Gasteiger partial charge >= 0.3 is 5.97 Å². The molecule has 0 spiro atoms. The molecule has 0 aliphatic heterocycles. The lowest BCUT2D eigenvalue weighted by Gasteiger charge is -2.00. The molecule has 0 aromatic carbocycles. The van der Waals surface area contributed by atoms with Gasteiger partial charge in [-0.3, -0.25) is 4.68 Å². The third-order valence-corrected chi connectivity index (χ3v) is 1.31. The zero-order valence-electron chi connectivity index (χ0n) is 6.57. The van der Waals surface area contributed by atoms with E-state index in [1.807, 2.05) is 0 Å². The molecule has 0 aliphatic carbocycles. The maximum absolute atomic E-state index is 11.0. The van der Waals surface area contributed by atoms with Gasteiger partial charge in [0, 0.05) is 13.2 Å². The molecule has 0 radical (unpaired) electrons. The summed E-state index contributed by atoms with van der Waals surface area (Å²) in [5.74, 6) is -0.326. The van der Waals surface area contributed by atoms with E-state index in [4.69, 9.17) is 4.74 Å². The van der Waals surface area contributed by atoms with Crippen LogP contribution in [0.1, 0.15) is 17.4 Å². The highest BCUT2D eigenvalue weighted by Gasteiger charge is 2.09. The minimum atomic E-state index is -0.326. The van der Waals surface area contributed by atoms with E-state index >= 15 is 0 Å². The Kier molecular flexibility index (Phi) is 2.25. The van der Waals surface area contributed by atoms with E-state index < -0.39 is 0 Å². The highest BCUT2D eigenvalue weighted by molar-refractivity contribution is 5.87. The Morgan fingerprint density at radius 1 is 1.82 bits per heavy atom. The predicted octanol–water partition coefficient (Wildman–Crippen LogP) is 0.597. The number of hydrogen-bond donors (Lipinski definition) is 0. The van der Waals surface area contributed by atoms with Gasteiger partial charge in [0.25, 0.3) is 0 Å². The average Bonchev–Trinajstić information content (AvgIpc) is 2.36. The standard InChI is InChI=1S/C7H10N2O2/c1-3-11-7(10)6-4-5-8-9(6)2/h4-5H,3H2,1-2H3. The van der Waals surface area contributed by atoms with Crippen molar-refractivity contribution in [3.8, 4) is 0 Å². The lowest BCUT2D eigenvalue weighted by atomic mass is 10.4. The lowest BCUT2D eigenvalue weighted by molar-refractivity contribution is 0.0513. The first kappa shape index (κ1) is 7.78. The number of rotatable bonds is 2. The fraction of sp³-hybridized carbons (Fsp3) is 0.429. The Hall–Kier alpha value is -1.32. The molecule has 0 aliphatic rings. The van der Waals surface area contributed by atoms with Crippen LogP contribution in [0.15, 0.2) is 12.3 Å². The molecule has 11 heavy (non-hydrogen) atoms. The van der Waals surface area contributed by atoms with Gasteiger partial charge in [-0.2, -0.15) is 5.10 Å². The quantitative estimate of drug-likeness (QED) is 0.586. The predicted molar refractivity (Wildman–Crippen MR) is 39.2 cm³/mol. The van der Waals surface area contributed by atoms with Crippen molar-refractivity contribution >= 4 is 5.97 Å². The van der Waals surface area contributed by atoms with Crippen LogP contribution in [0.25, 0.3) is 0 Å². The first-order valence-corrected chi connectivity index (χ1v) is 3.41. The SMILES string of the molecule is CCOC(=O)c1ccnn1C. The van der Waals surface area contributed by atoms with E-state index in [0.717, 1.165) is 0 Å². The van der Waals surface area contributed by atoms with Crippen LogP contribution in [0.5, 0.6) is 0 Å². The van der Waals surface area contributed by atoms with Crippen LogP contribution in [0, 0.1) is 0 Å². The van der Waals surface area contributed by atoms with E-state index in [1.165, 1.54) is 4.68 Å². The molecule has 0 N–H and O–H groups in total. The third kappa shape index (κ3) is 1.58. The Labute approximate surface area is 64.8 Å². The fourth-order valence-electron chi connectivity index (χ4n) is 0.779. The van der Waals surface area contributed by atoms with E-state index in [0.29, 0.717) is 12.3 Å². The molecular formula is C7H10N2O2. The monoisotopic (exact) mass is 154 g/mol. The van der Waals surface area contributed by atoms with Crippen LogP contribution in [-0.2, 0) is 11.8 Å². The largest absolute Gasteiger partial charge is 0.461 e. The Bertz CT molecular complexity index is 255. The first-order chi connectivity index (χ1) is 5.25. The normalized spacial score (nSPS) is 9.64. The summed E-state index contributed by atoms with van der Waals surface area (Å²) in [6.07, 6.45) is 1.56. The summed E-state index contributed by atoms with van der Waals surface area (Å²) >= 11 is 0. The summed E-state index contributed by atoms with van der Waals surface area (Å²) in [6, 6.07) is 1.62. The highest BCUT2D eigenvalue weighted by atomic mass is 16.5. The second-order valence-corrected chi connectivity index (χ2v) is 2.06. The molecule has 0 bridgehead atoms. The molecule has 60 valence electrons. The number of ether oxygens (including phenoxy) is 1. The molecule has 0 saturated heterocycles. The first-order valence-electron chi connectivity index (χ1n) is 3.41. The number of carbonyl (C=O) groups excluding carboxylic acids is 1. The topological polar surface area (TPSA) is 44.1 Å². The smallest absolute Gasteiger partial charge is 0.356 e. The van der Waals surface area contributed by atoms with Gasteiger partial charge in [0.2, 0.25) is 0 Å². The van der Waals surface area contributed by atoms with Crippen LogP contribution in [0.2, 0.25) is 0 Å². The highest BCUT2D eigenvalue weighted by Crippen LogP contribution is 1.98. The summed E-state index contributed by atoms with van der Waals surface area (Å²) in [5, 5.41) is 3.84. The van der Waals surface area contributed by atoms with Gasteiger partial charge in [-0.1, -0.05) is 0 Å². The minimum Gasteiger partial charge on any atom is -0.461 e. The summed E-state index contributed by atoms with van der Waals surface area (Å²) in [6.45, 7) is 2.16. The number of aromatic nitrogens is 2. The second-order valence-electron chi connectivity index (χ2n) is 2.06. The van der Waals surface area contributed by atoms with Gasteiger partial charge in [0.1, 0.15) is 5.69 Å². The minimum absolute atomic E-state index is 0.326. The van der Waals surface area contributed by atoms with E-state index in [-0.39, 0.29) is 5.97 Å². The van der Waals surface area contributed by atoms with Gasteiger partial charge in [0.15, 0.2) is 0 Å².